The van der Waals surface area contributed by atoms with Crippen molar-refractivity contribution in [1.29, 1.82) is 0 Å². The number of aliphatic hydroxyl groups excluding tert-OH is 1. The minimum absolute atomic E-state index is 0.237. The Kier molecular flexibility index (Phi) is 6.62. The molecule has 0 heterocycles. The number of nitrogens with one attached hydrogen (secondary N) is 1. The Bertz CT molecular complexity index is 709. The third-order valence-corrected chi connectivity index (χ3v) is 5.45. The lowest BCUT2D eigenvalue weighted by Crippen LogP contribution is -2.24. The Morgan fingerprint density at radius 2 is 1.87 bits per heavy atom. The highest BCUT2D eigenvalue weighted by molar-refractivity contribution is 7.84. The minimum Gasteiger partial charge on any atom is -0.388 e. The van der Waals surface area contributed by atoms with Gasteiger partial charge in [-0.05, 0) is 36.4 Å². The zero-order chi connectivity index (χ0) is 17.0. The summed E-state index contributed by atoms with van der Waals surface area (Å²) >= 11 is 12.1. The largest absolute Gasteiger partial charge is 0.388 e. The summed E-state index contributed by atoms with van der Waals surface area (Å²) in [5.41, 5.74) is 1.54. The van der Waals surface area contributed by atoms with Crippen molar-refractivity contribution >= 4 is 34.0 Å². The first-order valence-corrected chi connectivity index (χ1v) is 9.47. The van der Waals surface area contributed by atoms with Crippen LogP contribution in [0.2, 0.25) is 10.0 Å². The van der Waals surface area contributed by atoms with Gasteiger partial charge in [-0.25, -0.2) is 0 Å². The lowest BCUT2D eigenvalue weighted by atomic mass is 9.89. The SMILES string of the molecule is CNCC(c1ccc(Cl)c(Cl)c1)C(O)c1ccccc1S(C)=O. The molecule has 2 rings (SSSR count). The minimum atomic E-state index is -1.17. The quantitative estimate of drug-likeness (QED) is 0.812. The first-order chi connectivity index (χ1) is 11.0. The van der Waals surface area contributed by atoms with Crippen molar-refractivity contribution in [1.82, 2.24) is 5.32 Å². The highest BCUT2D eigenvalue weighted by atomic mass is 35.5. The topological polar surface area (TPSA) is 49.3 Å². The van der Waals surface area contributed by atoms with Crippen LogP contribution in [-0.2, 0) is 10.8 Å². The van der Waals surface area contributed by atoms with E-state index in [9.17, 15) is 9.32 Å². The number of rotatable bonds is 6. The van der Waals surface area contributed by atoms with Crippen LogP contribution in [-0.4, -0.2) is 29.2 Å². The second kappa shape index (κ2) is 8.27. The van der Waals surface area contributed by atoms with Crippen LogP contribution in [0.5, 0.6) is 0 Å². The molecule has 0 saturated carbocycles. The average Bonchev–Trinajstić information content (AvgIpc) is 2.54. The van der Waals surface area contributed by atoms with Gasteiger partial charge in [0, 0.05) is 23.6 Å². The molecule has 0 radical (unpaired) electrons. The van der Waals surface area contributed by atoms with Gasteiger partial charge in [-0.1, -0.05) is 47.5 Å². The van der Waals surface area contributed by atoms with Crippen molar-refractivity contribution in [3.63, 3.8) is 0 Å². The summed E-state index contributed by atoms with van der Waals surface area (Å²) < 4.78 is 11.9. The summed E-state index contributed by atoms with van der Waals surface area (Å²) in [5.74, 6) is -0.237. The van der Waals surface area contributed by atoms with E-state index in [0.29, 0.717) is 27.0 Å². The molecule has 2 aromatic carbocycles. The van der Waals surface area contributed by atoms with E-state index in [1.165, 1.54) is 0 Å². The van der Waals surface area contributed by atoms with Gasteiger partial charge in [-0.15, -0.1) is 0 Å². The van der Waals surface area contributed by atoms with E-state index in [2.05, 4.69) is 5.32 Å². The van der Waals surface area contributed by atoms with Gasteiger partial charge >= 0.3 is 0 Å². The highest BCUT2D eigenvalue weighted by Crippen LogP contribution is 2.35. The van der Waals surface area contributed by atoms with Crippen molar-refractivity contribution in [3.8, 4) is 0 Å². The second-order valence-electron chi connectivity index (χ2n) is 5.27. The predicted octanol–water partition coefficient (Wildman–Crippen LogP) is 3.77. The number of likely N-dealkylation sites (N-methyl/N-ethyl adjacent to an activating group) is 1. The van der Waals surface area contributed by atoms with E-state index in [0.717, 1.165) is 5.56 Å². The Balaban J connectivity index is 2.45. The van der Waals surface area contributed by atoms with Crippen LogP contribution in [0, 0.1) is 0 Å². The Morgan fingerprint density at radius 1 is 1.17 bits per heavy atom. The normalized spacial score (nSPS) is 15.2. The van der Waals surface area contributed by atoms with Crippen LogP contribution in [0.1, 0.15) is 23.1 Å². The Labute approximate surface area is 149 Å². The fourth-order valence-corrected chi connectivity index (χ4v) is 3.68. The van der Waals surface area contributed by atoms with Crippen molar-refractivity contribution in [2.24, 2.45) is 0 Å². The molecule has 3 nitrogen and oxygen atoms in total. The standard InChI is InChI=1S/C17H19Cl2NO2S/c1-20-10-13(11-7-8-14(18)15(19)9-11)17(21)12-5-3-4-6-16(12)23(2)22/h3-9,13,17,20-21H,10H2,1-2H3. The fourth-order valence-electron chi connectivity index (χ4n) is 2.58. The van der Waals surface area contributed by atoms with Crippen LogP contribution in [0.15, 0.2) is 47.4 Å². The van der Waals surface area contributed by atoms with Gasteiger partial charge in [0.2, 0.25) is 0 Å². The summed E-state index contributed by atoms with van der Waals surface area (Å²) in [6.07, 6.45) is 0.803. The number of benzene rings is 2. The zero-order valence-electron chi connectivity index (χ0n) is 12.9. The summed E-state index contributed by atoms with van der Waals surface area (Å²) in [4.78, 5) is 0.640. The highest BCUT2D eigenvalue weighted by Gasteiger charge is 2.25. The van der Waals surface area contributed by atoms with E-state index in [4.69, 9.17) is 23.2 Å². The van der Waals surface area contributed by atoms with Crippen LogP contribution >= 0.6 is 23.2 Å². The van der Waals surface area contributed by atoms with Gasteiger partial charge in [0.15, 0.2) is 0 Å². The molecule has 6 heteroatoms. The number of aliphatic hydroxyl groups is 1. The Morgan fingerprint density at radius 3 is 2.48 bits per heavy atom. The lowest BCUT2D eigenvalue weighted by molar-refractivity contribution is 0.141. The monoisotopic (exact) mass is 371 g/mol. The third-order valence-electron chi connectivity index (χ3n) is 3.72. The van der Waals surface area contributed by atoms with Crippen molar-refractivity contribution in [3.05, 3.63) is 63.6 Å². The smallest absolute Gasteiger partial charge is 0.0882 e. The molecule has 0 aliphatic heterocycles. The zero-order valence-corrected chi connectivity index (χ0v) is 15.3. The van der Waals surface area contributed by atoms with Crippen molar-refractivity contribution in [2.75, 3.05) is 19.8 Å². The molecule has 0 aliphatic rings. The third kappa shape index (κ3) is 4.34. The molecule has 0 amide bonds. The first kappa shape index (κ1) is 18.4. The molecular weight excluding hydrogens is 353 g/mol. The van der Waals surface area contributed by atoms with E-state index in [-0.39, 0.29) is 5.92 Å². The molecule has 0 bridgehead atoms. The molecular formula is C17H19Cl2NO2S. The molecule has 3 atom stereocenters. The molecule has 0 saturated heterocycles. The van der Waals surface area contributed by atoms with Crippen LogP contribution < -0.4 is 5.32 Å². The first-order valence-electron chi connectivity index (χ1n) is 7.15. The summed E-state index contributed by atoms with van der Waals surface area (Å²) in [6.45, 7) is 0.545. The van der Waals surface area contributed by atoms with Crippen LogP contribution in [0.25, 0.3) is 0 Å². The maximum Gasteiger partial charge on any atom is 0.0882 e. The number of halogens is 2. The molecule has 23 heavy (non-hydrogen) atoms. The molecule has 0 fully saturated rings. The maximum absolute atomic E-state index is 11.9. The Hall–Kier alpha value is -0.910. The van der Waals surface area contributed by atoms with Crippen molar-refractivity contribution < 1.29 is 9.32 Å². The van der Waals surface area contributed by atoms with E-state index >= 15 is 0 Å². The van der Waals surface area contributed by atoms with Crippen LogP contribution in [0.3, 0.4) is 0 Å². The molecule has 2 aromatic rings. The van der Waals surface area contributed by atoms with Crippen LogP contribution in [0.4, 0.5) is 0 Å². The van der Waals surface area contributed by atoms with E-state index in [1.807, 2.05) is 31.3 Å². The van der Waals surface area contributed by atoms with Gasteiger partial charge in [-0.3, -0.25) is 4.21 Å². The predicted molar refractivity (Wildman–Crippen MR) is 96.9 cm³/mol. The van der Waals surface area contributed by atoms with Crippen molar-refractivity contribution in [2.45, 2.75) is 16.9 Å². The lowest BCUT2D eigenvalue weighted by Gasteiger charge is -2.25. The molecule has 0 spiro atoms. The molecule has 0 aliphatic carbocycles. The molecule has 124 valence electrons. The second-order valence-corrected chi connectivity index (χ2v) is 7.44. The molecule has 0 aromatic heterocycles. The van der Waals surface area contributed by atoms with Gasteiger partial charge in [-0.2, -0.15) is 0 Å². The van der Waals surface area contributed by atoms with Gasteiger partial charge in [0.1, 0.15) is 0 Å². The molecule has 3 unspecified atom stereocenters. The molecule has 2 N–H and O–H groups in total. The number of hydrogen-bond acceptors (Lipinski definition) is 3. The number of hydrogen-bond donors (Lipinski definition) is 2. The van der Waals surface area contributed by atoms with Gasteiger partial charge in [0.05, 0.1) is 26.9 Å². The van der Waals surface area contributed by atoms with Gasteiger partial charge in [0.25, 0.3) is 0 Å². The van der Waals surface area contributed by atoms with E-state index in [1.54, 1.807) is 24.5 Å². The fraction of sp³-hybridized carbons (Fsp3) is 0.294. The maximum atomic E-state index is 11.9. The average molecular weight is 372 g/mol. The summed E-state index contributed by atoms with van der Waals surface area (Å²) in [7, 11) is 0.647. The van der Waals surface area contributed by atoms with Gasteiger partial charge < -0.3 is 10.4 Å². The summed E-state index contributed by atoms with van der Waals surface area (Å²) in [6, 6.07) is 12.6. The summed E-state index contributed by atoms with van der Waals surface area (Å²) in [5, 5.41) is 14.9. The van der Waals surface area contributed by atoms with E-state index < -0.39 is 16.9 Å².